The average Bonchev–Trinajstić information content (AvgIpc) is 2.34. The second kappa shape index (κ2) is 7.47. The Balaban J connectivity index is 2.56. The van der Waals surface area contributed by atoms with Gasteiger partial charge in [-0.2, -0.15) is 0 Å². The lowest BCUT2D eigenvalue weighted by atomic mass is 9.97. The summed E-state index contributed by atoms with van der Waals surface area (Å²) in [7, 11) is 0. The highest BCUT2D eigenvalue weighted by Gasteiger charge is 2.19. The number of benzene rings is 1. The molecule has 0 aliphatic heterocycles. The predicted octanol–water partition coefficient (Wildman–Crippen LogP) is 2.77. The summed E-state index contributed by atoms with van der Waals surface area (Å²) >= 11 is 2.16. The minimum absolute atomic E-state index is 0.165. The molecule has 1 aromatic rings. The van der Waals surface area contributed by atoms with Crippen LogP contribution in [0, 0.1) is 15.4 Å². The van der Waals surface area contributed by atoms with Crippen LogP contribution in [0.25, 0.3) is 0 Å². The van der Waals surface area contributed by atoms with Crippen LogP contribution >= 0.6 is 22.6 Å². The second-order valence-electron chi connectivity index (χ2n) is 4.88. The monoisotopic (exact) mass is 375 g/mol. The summed E-state index contributed by atoms with van der Waals surface area (Å²) in [5, 5.41) is 11.8. The van der Waals surface area contributed by atoms with Crippen LogP contribution in [0.15, 0.2) is 24.3 Å². The van der Waals surface area contributed by atoms with Crippen molar-refractivity contribution in [3.8, 4) is 0 Å². The number of carboxylic acid groups (broad SMARTS) is 1. The summed E-state index contributed by atoms with van der Waals surface area (Å²) in [5.74, 6) is -1.34. The number of carboxylic acids is 1. The fraction of sp³-hybridized carbons (Fsp3) is 0.429. The van der Waals surface area contributed by atoms with Gasteiger partial charge in [0, 0.05) is 15.7 Å². The molecular formula is C14H18INO3. The number of rotatable bonds is 6. The van der Waals surface area contributed by atoms with Crippen molar-refractivity contribution in [2.75, 3.05) is 6.54 Å². The molecular weight excluding hydrogens is 357 g/mol. The molecule has 0 aliphatic rings. The molecule has 5 heteroatoms. The van der Waals surface area contributed by atoms with E-state index in [4.69, 9.17) is 5.11 Å². The molecule has 1 aromatic carbocycles. The van der Waals surface area contributed by atoms with Crippen LogP contribution in [0.2, 0.25) is 0 Å². The Hall–Kier alpha value is -1.11. The summed E-state index contributed by atoms with van der Waals surface area (Å²) in [5.41, 5.74) is 0.550. The Kier molecular flexibility index (Phi) is 6.27. The standard InChI is InChI=1S/C14H18INO3/c1-9(2)7-11(14(18)19)8-16-13(17)10-3-5-12(15)6-4-10/h3-6,9,11H,7-8H2,1-2H3,(H,16,17)(H,18,19). The number of hydrogen-bond donors (Lipinski definition) is 2. The quantitative estimate of drug-likeness (QED) is 0.752. The second-order valence-corrected chi connectivity index (χ2v) is 6.13. The van der Waals surface area contributed by atoms with Crippen LogP contribution in [0.5, 0.6) is 0 Å². The molecule has 0 saturated carbocycles. The van der Waals surface area contributed by atoms with Crippen molar-refractivity contribution >= 4 is 34.5 Å². The van der Waals surface area contributed by atoms with E-state index in [1.165, 1.54) is 0 Å². The third-order valence-corrected chi connectivity index (χ3v) is 3.44. The Morgan fingerprint density at radius 2 is 1.84 bits per heavy atom. The molecule has 0 bridgehead atoms. The van der Waals surface area contributed by atoms with Gasteiger partial charge >= 0.3 is 5.97 Å². The van der Waals surface area contributed by atoms with Crippen LogP contribution < -0.4 is 5.32 Å². The molecule has 4 nitrogen and oxygen atoms in total. The van der Waals surface area contributed by atoms with Crippen molar-refractivity contribution in [3.05, 3.63) is 33.4 Å². The molecule has 0 heterocycles. The van der Waals surface area contributed by atoms with Gasteiger partial charge in [-0.25, -0.2) is 0 Å². The largest absolute Gasteiger partial charge is 0.481 e. The Morgan fingerprint density at radius 1 is 1.26 bits per heavy atom. The van der Waals surface area contributed by atoms with E-state index in [2.05, 4.69) is 27.9 Å². The molecule has 2 N–H and O–H groups in total. The molecule has 0 spiro atoms. The Labute approximate surface area is 126 Å². The highest BCUT2D eigenvalue weighted by Crippen LogP contribution is 2.12. The third-order valence-electron chi connectivity index (χ3n) is 2.72. The van der Waals surface area contributed by atoms with Crippen molar-refractivity contribution in [1.82, 2.24) is 5.32 Å². The van der Waals surface area contributed by atoms with Crippen LogP contribution in [-0.2, 0) is 4.79 Å². The molecule has 0 saturated heterocycles. The number of hydrogen-bond acceptors (Lipinski definition) is 2. The van der Waals surface area contributed by atoms with E-state index in [1.807, 2.05) is 26.0 Å². The third kappa shape index (κ3) is 5.59. The normalized spacial score (nSPS) is 12.2. The van der Waals surface area contributed by atoms with Gasteiger partial charge in [0.15, 0.2) is 0 Å². The topological polar surface area (TPSA) is 66.4 Å². The van der Waals surface area contributed by atoms with Gasteiger partial charge in [-0.3, -0.25) is 9.59 Å². The van der Waals surface area contributed by atoms with Crippen molar-refractivity contribution < 1.29 is 14.7 Å². The van der Waals surface area contributed by atoms with Crippen LogP contribution in [0.4, 0.5) is 0 Å². The lowest BCUT2D eigenvalue weighted by molar-refractivity contribution is -0.142. The fourth-order valence-electron chi connectivity index (χ4n) is 1.76. The van der Waals surface area contributed by atoms with Gasteiger partial charge in [0.05, 0.1) is 5.92 Å². The smallest absolute Gasteiger partial charge is 0.308 e. The van der Waals surface area contributed by atoms with Gasteiger partial charge in [0.2, 0.25) is 0 Å². The molecule has 1 rings (SSSR count). The first-order chi connectivity index (χ1) is 8.90. The first kappa shape index (κ1) is 15.9. The minimum atomic E-state index is -0.864. The van der Waals surface area contributed by atoms with Crippen molar-refractivity contribution in [1.29, 1.82) is 0 Å². The van der Waals surface area contributed by atoms with Gasteiger partial charge in [0.1, 0.15) is 0 Å². The number of halogens is 1. The summed E-state index contributed by atoms with van der Waals surface area (Å²) in [6.45, 7) is 4.10. The van der Waals surface area contributed by atoms with E-state index in [1.54, 1.807) is 12.1 Å². The zero-order valence-electron chi connectivity index (χ0n) is 11.0. The van der Waals surface area contributed by atoms with E-state index < -0.39 is 11.9 Å². The van der Waals surface area contributed by atoms with Gasteiger partial charge in [-0.05, 0) is 59.2 Å². The lowest BCUT2D eigenvalue weighted by Crippen LogP contribution is -2.33. The van der Waals surface area contributed by atoms with Gasteiger partial charge in [0.25, 0.3) is 5.91 Å². The molecule has 1 atom stereocenters. The first-order valence-electron chi connectivity index (χ1n) is 6.16. The maximum absolute atomic E-state index is 11.9. The van der Waals surface area contributed by atoms with E-state index in [9.17, 15) is 9.59 Å². The zero-order chi connectivity index (χ0) is 14.4. The number of carbonyl (C=O) groups is 2. The van der Waals surface area contributed by atoms with Crippen molar-refractivity contribution in [2.45, 2.75) is 20.3 Å². The SMILES string of the molecule is CC(C)CC(CNC(=O)c1ccc(I)cc1)C(=O)O. The van der Waals surface area contributed by atoms with Crippen molar-refractivity contribution in [3.63, 3.8) is 0 Å². The minimum Gasteiger partial charge on any atom is -0.481 e. The molecule has 0 radical (unpaired) electrons. The first-order valence-corrected chi connectivity index (χ1v) is 7.24. The number of nitrogens with one attached hydrogen (secondary N) is 1. The van der Waals surface area contributed by atoms with Crippen molar-refractivity contribution in [2.24, 2.45) is 11.8 Å². The van der Waals surface area contributed by atoms with Crippen LogP contribution in [-0.4, -0.2) is 23.5 Å². The van der Waals surface area contributed by atoms with E-state index in [-0.39, 0.29) is 18.4 Å². The van der Waals surface area contributed by atoms with Crippen LogP contribution in [0.1, 0.15) is 30.6 Å². The molecule has 0 fully saturated rings. The fourth-order valence-corrected chi connectivity index (χ4v) is 2.12. The highest BCUT2D eigenvalue weighted by molar-refractivity contribution is 14.1. The number of aliphatic carboxylic acids is 1. The maximum Gasteiger partial charge on any atom is 0.308 e. The Bertz CT molecular complexity index is 443. The highest BCUT2D eigenvalue weighted by atomic mass is 127. The van der Waals surface area contributed by atoms with Gasteiger partial charge in [-0.15, -0.1) is 0 Å². The summed E-state index contributed by atoms with van der Waals surface area (Å²) in [6.07, 6.45) is 0.558. The summed E-state index contributed by atoms with van der Waals surface area (Å²) < 4.78 is 1.05. The molecule has 19 heavy (non-hydrogen) atoms. The molecule has 0 aromatic heterocycles. The van der Waals surface area contributed by atoms with E-state index in [0.717, 1.165) is 3.57 Å². The lowest BCUT2D eigenvalue weighted by Gasteiger charge is -2.15. The molecule has 1 amide bonds. The maximum atomic E-state index is 11.9. The number of amides is 1. The van der Waals surface area contributed by atoms with Crippen LogP contribution in [0.3, 0.4) is 0 Å². The van der Waals surface area contributed by atoms with E-state index in [0.29, 0.717) is 12.0 Å². The summed E-state index contributed by atoms with van der Waals surface area (Å²) in [4.78, 5) is 22.9. The molecule has 1 unspecified atom stereocenters. The molecule has 104 valence electrons. The van der Waals surface area contributed by atoms with E-state index >= 15 is 0 Å². The number of carbonyl (C=O) groups excluding carboxylic acids is 1. The van der Waals surface area contributed by atoms with Gasteiger partial charge < -0.3 is 10.4 Å². The zero-order valence-corrected chi connectivity index (χ0v) is 13.2. The summed E-state index contributed by atoms with van der Waals surface area (Å²) in [6, 6.07) is 7.15. The molecule has 0 aliphatic carbocycles. The average molecular weight is 375 g/mol. The Morgan fingerprint density at radius 3 is 2.32 bits per heavy atom. The van der Waals surface area contributed by atoms with Gasteiger partial charge in [-0.1, -0.05) is 13.8 Å². The predicted molar refractivity (Wildman–Crippen MR) is 82.1 cm³/mol.